The van der Waals surface area contributed by atoms with Gasteiger partial charge in [0, 0.05) is 24.3 Å². The molecule has 2 unspecified atom stereocenters. The molecule has 3 N–H and O–H groups in total. The summed E-state index contributed by atoms with van der Waals surface area (Å²) in [5.74, 6) is 0. The molecule has 1 aromatic carbocycles. The Hall–Kier alpha value is -0.820. The Morgan fingerprint density at radius 3 is 2.60 bits per heavy atom. The van der Waals surface area contributed by atoms with Crippen molar-refractivity contribution in [1.29, 1.82) is 0 Å². The number of anilines is 1. The van der Waals surface area contributed by atoms with E-state index in [9.17, 15) is 8.42 Å². The van der Waals surface area contributed by atoms with Gasteiger partial charge in [-0.25, -0.2) is 13.1 Å². The largest absolute Gasteiger partial charge is 0.399 e. The summed E-state index contributed by atoms with van der Waals surface area (Å²) in [6, 6.07) is 4.19. The van der Waals surface area contributed by atoms with Crippen LogP contribution in [0.5, 0.6) is 0 Å². The van der Waals surface area contributed by atoms with E-state index in [2.05, 4.69) is 4.72 Å². The van der Waals surface area contributed by atoms with Crippen LogP contribution in [0.25, 0.3) is 0 Å². The first-order valence-corrected chi connectivity index (χ1v) is 8.14. The van der Waals surface area contributed by atoms with E-state index in [1.165, 1.54) is 18.2 Å². The van der Waals surface area contributed by atoms with E-state index in [0.29, 0.717) is 12.1 Å². The number of hydrogen-bond donors (Lipinski definition) is 2. The average Bonchev–Trinajstić information content (AvgIpc) is 2.33. The van der Waals surface area contributed by atoms with Crippen LogP contribution in [0.15, 0.2) is 23.1 Å². The lowest BCUT2D eigenvalue weighted by molar-refractivity contribution is -0.0908. The molecule has 0 heterocycles. The number of sulfonamides is 1. The van der Waals surface area contributed by atoms with Gasteiger partial charge in [-0.3, -0.25) is 0 Å². The van der Waals surface area contributed by atoms with Crippen LogP contribution in [0.1, 0.15) is 20.3 Å². The van der Waals surface area contributed by atoms with E-state index in [4.69, 9.17) is 22.1 Å². The number of nitrogens with two attached hydrogens (primary N) is 1. The molecule has 1 aliphatic rings. The van der Waals surface area contributed by atoms with Crippen LogP contribution in [-0.4, -0.2) is 27.7 Å². The predicted molar refractivity (Wildman–Crippen MR) is 79.2 cm³/mol. The molecule has 7 heteroatoms. The van der Waals surface area contributed by atoms with Crippen LogP contribution in [-0.2, 0) is 14.8 Å². The number of halogens is 1. The molecule has 20 heavy (non-hydrogen) atoms. The highest BCUT2D eigenvalue weighted by Gasteiger charge is 2.50. The van der Waals surface area contributed by atoms with Crippen molar-refractivity contribution in [3.8, 4) is 0 Å². The highest BCUT2D eigenvalue weighted by atomic mass is 35.5. The second-order valence-corrected chi connectivity index (χ2v) is 7.73. The lowest BCUT2D eigenvalue weighted by Crippen LogP contribution is -2.61. The molecule has 2 rings (SSSR count). The van der Waals surface area contributed by atoms with Crippen molar-refractivity contribution in [3.63, 3.8) is 0 Å². The van der Waals surface area contributed by atoms with E-state index >= 15 is 0 Å². The fraction of sp³-hybridized carbons (Fsp3) is 0.538. The predicted octanol–water partition coefficient (Wildman–Crippen LogP) is 2.01. The van der Waals surface area contributed by atoms with Crippen molar-refractivity contribution in [1.82, 2.24) is 4.72 Å². The highest BCUT2D eigenvalue weighted by Crippen LogP contribution is 2.43. The Bertz CT molecular complexity index is 616. The van der Waals surface area contributed by atoms with Gasteiger partial charge >= 0.3 is 0 Å². The Balaban J connectivity index is 2.21. The molecule has 1 fully saturated rings. The molecular formula is C13H19ClN2O3S. The third-order valence-electron chi connectivity index (χ3n) is 4.01. The molecular weight excluding hydrogens is 300 g/mol. The first-order valence-electron chi connectivity index (χ1n) is 6.28. The molecule has 1 aliphatic carbocycles. The molecule has 0 aromatic heterocycles. The molecule has 0 radical (unpaired) electrons. The summed E-state index contributed by atoms with van der Waals surface area (Å²) in [4.78, 5) is 0.0463. The van der Waals surface area contributed by atoms with Crippen molar-refractivity contribution in [2.24, 2.45) is 5.41 Å². The number of hydrogen-bond acceptors (Lipinski definition) is 4. The fourth-order valence-corrected chi connectivity index (χ4v) is 4.43. The molecule has 0 amide bonds. The number of benzene rings is 1. The van der Waals surface area contributed by atoms with E-state index < -0.39 is 10.0 Å². The van der Waals surface area contributed by atoms with Crippen molar-refractivity contribution in [2.75, 3.05) is 12.8 Å². The topological polar surface area (TPSA) is 81.4 Å². The number of methoxy groups -OCH3 is 1. The van der Waals surface area contributed by atoms with Gasteiger partial charge in [-0.15, -0.1) is 0 Å². The third kappa shape index (κ3) is 2.65. The zero-order valence-electron chi connectivity index (χ0n) is 11.7. The van der Waals surface area contributed by atoms with Gasteiger partial charge in [0.25, 0.3) is 0 Å². The van der Waals surface area contributed by atoms with Gasteiger partial charge in [-0.1, -0.05) is 25.4 Å². The maximum absolute atomic E-state index is 12.4. The lowest BCUT2D eigenvalue weighted by Gasteiger charge is -2.50. The number of nitrogen functional groups attached to an aromatic ring is 1. The number of rotatable bonds is 4. The zero-order chi connectivity index (χ0) is 15.1. The van der Waals surface area contributed by atoms with Crippen LogP contribution >= 0.6 is 11.6 Å². The Kier molecular flexibility index (Phi) is 4.03. The maximum atomic E-state index is 12.4. The summed E-state index contributed by atoms with van der Waals surface area (Å²) in [5.41, 5.74) is 5.75. The second-order valence-electron chi connectivity index (χ2n) is 5.65. The molecule has 5 nitrogen and oxygen atoms in total. The van der Waals surface area contributed by atoms with Gasteiger partial charge < -0.3 is 10.5 Å². The average molecular weight is 319 g/mol. The highest BCUT2D eigenvalue weighted by molar-refractivity contribution is 7.89. The molecule has 0 aliphatic heterocycles. The Labute approximate surface area is 124 Å². The molecule has 1 saturated carbocycles. The second kappa shape index (κ2) is 5.18. The lowest BCUT2D eigenvalue weighted by atomic mass is 9.65. The first-order chi connectivity index (χ1) is 9.18. The fourth-order valence-electron chi connectivity index (χ4n) is 2.47. The van der Waals surface area contributed by atoms with Crippen molar-refractivity contribution >= 4 is 27.3 Å². The van der Waals surface area contributed by atoms with Crippen LogP contribution in [0, 0.1) is 5.41 Å². The summed E-state index contributed by atoms with van der Waals surface area (Å²) in [6.07, 6.45) is 0.701. The summed E-state index contributed by atoms with van der Waals surface area (Å²) in [7, 11) is -2.03. The van der Waals surface area contributed by atoms with Gasteiger partial charge in [0.15, 0.2) is 0 Å². The van der Waals surface area contributed by atoms with Crippen LogP contribution in [0.2, 0.25) is 5.02 Å². The summed E-state index contributed by atoms with van der Waals surface area (Å²) < 4.78 is 32.8. The van der Waals surface area contributed by atoms with Gasteiger partial charge in [0.05, 0.1) is 11.1 Å². The van der Waals surface area contributed by atoms with Crippen LogP contribution in [0.3, 0.4) is 0 Å². The molecule has 0 spiro atoms. The van der Waals surface area contributed by atoms with E-state index in [1.54, 1.807) is 7.11 Å². The SMILES string of the molecule is COC1CC(NS(=O)(=O)c2ccc(N)cc2Cl)C1(C)C. The summed E-state index contributed by atoms with van der Waals surface area (Å²) in [6.45, 7) is 3.95. The van der Waals surface area contributed by atoms with E-state index in [0.717, 1.165) is 0 Å². The standard InChI is InChI=1S/C13H19ClN2O3S/c1-13(2)11(7-12(13)19-3)16-20(17,18)10-5-4-8(15)6-9(10)14/h4-6,11-12,16H,7,15H2,1-3H3. The first kappa shape index (κ1) is 15.6. The van der Waals surface area contributed by atoms with Gasteiger partial charge in [-0.2, -0.15) is 0 Å². The summed E-state index contributed by atoms with van der Waals surface area (Å²) in [5, 5.41) is 0.123. The number of ether oxygens (including phenoxy) is 1. The van der Waals surface area contributed by atoms with E-state index in [-0.39, 0.29) is 27.5 Å². The van der Waals surface area contributed by atoms with Crippen molar-refractivity contribution in [2.45, 2.75) is 37.3 Å². The van der Waals surface area contributed by atoms with Gasteiger partial charge in [0.2, 0.25) is 10.0 Å². The zero-order valence-corrected chi connectivity index (χ0v) is 13.3. The minimum absolute atomic E-state index is 0.0463. The monoisotopic (exact) mass is 318 g/mol. The molecule has 0 bridgehead atoms. The molecule has 0 saturated heterocycles. The minimum atomic E-state index is -3.66. The number of nitrogens with one attached hydrogen (secondary N) is 1. The molecule has 1 aromatic rings. The maximum Gasteiger partial charge on any atom is 0.242 e. The molecule has 112 valence electrons. The molecule has 2 atom stereocenters. The van der Waals surface area contributed by atoms with Gasteiger partial charge in [0.1, 0.15) is 4.90 Å². The van der Waals surface area contributed by atoms with Crippen LogP contribution < -0.4 is 10.5 Å². The van der Waals surface area contributed by atoms with Crippen molar-refractivity contribution < 1.29 is 13.2 Å². The third-order valence-corrected chi connectivity index (χ3v) is 5.96. The van der Waals surface area contributed by atoms with E-state index in [1.807, 2.05) is 13.8 Å². The normalized spacial score (nSPS) is 25.2. The summed E-state index contributed by atoms with van der Waals surface area (Å²) >= 11 is 5.96. The van der Waals surface area contributed by atoms with Gasteiger partial charge in [-0.05, 0) is 24.6 Å². The minimum Gasteiger partial charge on any atom is -0.399 e. The Morgan fingerprint density at radius 2 is 2.10 bits per heavy atom. The smallest absolute Gasteiger partial charge is 0.242 e. The van der Waals surface area contributed by atoms with Crippen molar-refractivity contribution in [3.05, 3.63) is 23.2 Å². The van der Waals surface area contributed by atoms with Crippen LogP contribution in [0.4, 0.5) is 5.69 Å². The Morgan fingerprint density at radius 1 is 1.45 bits per heavy atom. The quantitative estimate of drug-likeness (QED) is 0.832.